The summed E-state index contributed by atoms with van der Waals surface area (Å²) in [6, 6.07) is 0. The molecule has 1 amide bonds. The Morgan fingerprint density at radius 3 is 2.67 bits per heavy atom. The maximum absolute atomic E-state index is 11.6. The van der Waals surface area contributed by atoms with Crippen LogP contribution in [-0.2, 0) is 16.0 Å². The largest absolute Gasteiger partial charge is 0.381 e. The third-order valence-corrected chi connectivity index (χ3v) is 6.41. The summed E-state index contributed by atoms with van der Waals surface area (Å²) >= 11 is 0. The van der Waals surface area contributed by atoms with E-state index in [9.17, 15) is 4.79 Å². The highest BCUT2D eigenvalue weighted by molar-refractivity contribution is 5.73. The number of fused-ring (bicyclic) bond motifs is 3. The van der Waals surface area contributed by atoms with E-state index in [1.165, 1.54) is 17.0 Å². The third kappa shape index (κ3) is 2.96. The molecule has 2 aromatic heterocycles. The van der Waals surface area contributed by atoms with E-state index in [0.29, 0.717) is 11.8 Å². The number of nitrogens with zero attached hydrogens (tertiary/aromatic N) is 4. The number of piperidine rings is 1. The highest BCUT2D eigenvalue weighted by atomic mass is 16.5. The highest BCUT2D eigenvalue weighted by Crippen LogP contribution is 2.38. The van der Waals surface area contributed by atoms with E-state index in [2.05, 4.69) is 16.7 Å². The number of ether oxygens (including phenoxy) is 1. The van der Waals surface area contributed by atoms with Gasteiger partial charge in [-0.05, 0) is 37.2 Å². The van der Waals surface area contributed by atoms with Crippen LogP contribution < -0.4 is 0 Å². The fourth-order valence-electron chi connectivity index (χ4n) is 4.83. The minimum atomic E-state index is 0.178. The molecule has 6 nitrogen and oxygen atoms in total. The van der Waals surface area contributed by atoms with Crippen molar-refractivity contribution in [1.82, 2.24) is 19.3 Å². The number of rotatable bonds is 2. The average Bonchev–Trinajstić information content (AvgIpc) is 3.32. The SMILES string of the molecule is CC(=O)N1CCC(c2cn3c4c(ncc3n2)CC=C4C2CCOCC2)CC1. The molecule has 4 heterocycles. The van der Waals surface area contributed by atoms with Crippen LogP contribution in [-0.4, -0.2) is 51.5 Å². The van der Waals surface area contributed by atoms with Crippen LogP contribution in [0.2, 0.25) is 0 Å². The highest BCUT2D eigenvalue weighted by Gasteiger charge is 2.29. The van der Waals surface area contributed by atoms with Gasteiger partial charge in [-0.15, -0.1) is 0 Å². The van der Waals surface area contributed by atoms with Gasteiger partial charge in [0.2, 0.25) is 5.91 Å². The molecule has 0 atom stereocenters. The van der Waals surface area contributed by atoms with Gasteiger partial charge in [-0.3, -0.25) is 14.2 Å². The Morgan fingerprint density at radius 2 is 1.93 bits per heavy atom. The lowest BCUT2D eigenvalue weighted by atomic mass is 9.90. The van der Waals surface area contributed by atoms with Crippen molar-refractivity contribution < 1.29 is 9.53 Å². The van der Waals surface area contributed by atoms with E-state index >= 15 is 0 Å². The Kier molecular flexibility index (Phi) is 4.23. The molecule has 2 aromatic rings. The zero-order valence-corrected chi connectivity index (χ0v) is 15.9. The van der Waals surface area contributed by atoms with Crippen molar-refractivity contribution in [2.75, 3.05) is 26.3 Å². The lowest BCUT2D eigenvalue weighted by molar-refractivity contribution is -0.129. The first-order valence-corrected chi connectivity index (χ1v) is 10.1. The van der Waals surface area contributed by atoms with E-state index in [-0.39, 0.29) is 5.91 Å². The standard InChI is InChI=1S/C21H26N4O2/c1-14(26)24-8-4-16(5-9-24)19-13-25-20(23-19)12-22-18-3-2-17(21(18)25)15-6-10-27-11-7-15/h2,12-13,15-16H,3-11H2,1H3. The van der Waals surface area contributed by atoms with Crippen molar-refractivity contribution in [1.29, 1.82) is 0 Å². The van der Waals surface area contributed by atoms with Gasteiger partial charge in [0.05, 0.1) is 23.3 Å². The van der Waals surface area contributed by atoms with E-state index in [0.717, 1.165) is 69.7 Å². The predicted octanol–water partition coefficient (Wildman–Crippen LogP) is 2.82. The molecule has 0 spiro atoms. The number of likely N-dealkylation sites (tertiary alicyclic amines) is 1. The number of aromatic nitrogens is 3. The molecule has 6 heteroatoms. The molecule has 0 radical (unpaired) electrons. The van der Waals surface area contributed by atoms with Gasteiger partial charge in [-0.2, -0.15) is 0 Å². The predicted molar refractivity (Wildman–Crippen MR) is 102 cm³/mol. The number of carbonyl (C=O) groups excluding carboxylic acids is 1. The summed E-state index contributed by atoms with van der Waals surface area (Å²) in [5.74, 6) is 1.17. The molecule has 2 aliphatic heterocycles. The van der Waals surface area contributed by atoms with Gasteiger partial charge in [0.1, 0.15) is 0 Å². The molecule has 27 heavy (non-hydrogen) atoms. The van der Waals surface area contributed by atoms with Crippen molar-refractivity contribution in [3.05, 3.63) is 35.6 Å². The van der Waals surface area contributed by atoms with Crippen LogP contribution in [0.1, 0.15) is 55.6 Å². The number of amides is 1. The second-order valence-electron chi connectivity index (χ2n) is 7.98. The number of imidazole rings is 1. The quantitative estimate of drug-likeness (QED) is 0.820. The Bertz CT molecular complexity index is 902. The molecule has 142 valence electrons. The molecule has 0 N–H and O–H groups in total. The molecular weight excluding hydrogens is 340 g/mol. The summed E-state index contributed by atoms with van der Waals surface area (Å²) in [5, 5.41) is 0. The fourth-order valence-corrected chi connectivity index (χ4v) is 4.83. The van der Waals surface area contributed by atoms with Gasteiger partial charge in [0, 0.05) is 51.8 Å². The normalized spacial score (nSPS) is 21.5. The maximum atomic E-state index is 11.6. The molecule has 0 unspecified atom stereocenters. The lowest BCUT2D eigenvalue weighted by Gasteiger charge is -2.30. The van der Waals surface area contributed by atoms with Gasteiger partial charge < -0.3 is 9.64 Å². The molecule has 0 bridgehead atoms. The van der Waals surface area contributed by atoms with Crippen molar-refractivity contribution in [3.8, 4) is 0 Å². The summed E-state index contributed by atoms with van der Waals surface area (Å²) in [6.07, 6.45) is 11.6. The van der Waals surface area contributed by atoms with Crippen LogP contribution in [0, 0.1) is 5.92 Å². The number of allylic oxidation sites excluding steroid dienone is 2. The topological polar surface area (TPSA) is 59.7 Å². The summed E-state index contributed by atoms with van der Waals surface area (Å²) < 4.78 is 7.82. The van der Waals surface area contributed by atoms with Crippen molar-refractivity contribution >= 4 is 17.1 Å². The van der Waals surface area contributed by atoms with Crippen LogP contribution in [0.5, 0.6) is 0 Å². The van der Waals surface area contributed by atoms with E-state index in [1.54, 1.807) is 6.92 Å². The van der Waals surface area contributed by atoms with Gasteiger partial charge in [-0.25, -0.2) is 4.98 Å². The van der Waals surface area contributed by atoms with Crippen LogP contribution in [0.15, 0.2) is 18.5 Å². The van der Waals surface area contributed by atoms with Crippen molar-refractivity contribution in [2.24, 2.45) is 5.92 Å². The average molecular weight is 366 g/mol. The second kappa shape index (κ2) is 6.75. The molecule has 5 rings (SSSR count). The maximum Gasteiger partial charge on any atom is 0.219 e. The molecule has 3 aliphatic rings. The Morgan fingerprint density at radius 1 is 1.15 bits per heavy atom. The first kappa shape index (κ1) is 16.9. The molecule has 0 aromatic carbocycles. The van der Waals surface area contributed by atoms with E-state index in [4.69, 9.17) is 14.7 Å². The first-order chi connectivity index (χ1) is 13.2. The van der Waals surface area contributed by atoms with Gasteiger partial charge >= 0.3 is 0 Å². The minimum Gasteiger partial charge on any atom is -0.381 e. The lowest BCUT2D eigenvalue weighted by Crippen LogP contribution is -2.36. The van der Waals surface area contributed by atoms with E-state index in [1.807, 2.05) is 11.1 Å². The smallest absolute Gasteiger partial charge is 0.219 e. The monoisotopic (exact) mass is 366 g/mol. The minimum absolute atomic E-state index is 0.178. The molecule has 0 saturated carbocycles. The summed E-state index contributed by atoms with van der Waals surface area (Å²) in [4.78, 5) is 23.1. The molecular formula is C21H26N4O2. The first-order valence-electron chi connectivity index (χ1n) is 10.1. The Labute approximate surface area is 159 Å². The summed E-state index contributed by atoms with van der Waals surface area (Å²) in [6.45, 7) is 5.02. The van der Waals surface area contributed by atoms with Crippen molar-refractivity contribution in [2.45, 2.75) is 44.9 Å². The van der Waals surface area contributed by atoms with Gasteiger partial charge in [0.25, 0.3) is 0 Å². The van der Waals surface area contributed by atoms with Gasteiger partial charge in [0.15, 0.2) is 5.65 Å². The molecule has 2 fully saturated rings. The van der Waals surface area contributed by atoms with Crippen LogP contribution >= 0.6 is 0 Å². The van der Waals surface area contributed by atoms with Gasteiger partial charge in [-0.1, -0.05) is 6.08 Å². The summed E-state index contributed by atoms with van der Waals surface area (Å²) in [5.41, 5.74) is 5.95. The summed E-state index contributed by atoms with van der Waals surface area (Å²) in [7, 11) is 0. The Balaban J connectivity index is 1.45. The number of carbonyl (C=O) groups is 1. The fraction of sp³-hybridized carbons (Fsp3) is 0.571. The van der Waals surface area contributed by atoms with Crippen LogP contribution in [0.4, 0.5) is 0 Å². The van der Waals surface area contributed by atoms with Crippen LogP contribution in [0.3, 0.4) is 0 Å². The van der Waals surface area contributed by atoms with Crippen molar-refractivity contribution in [3.63, 3.8) is 0 Å². The van der Waals surface area contributed by atoms with E-state index < -0.39 is 0 Å². The number of hydrogen-bond acceptors (Lipinski definition) is 4. The van der Waals surface area contributed by atoms with Crippen LogP contribution in [0.25, 0.3) is 11.2 Å². The zero-order chi connectivity index (χ0) is 18.4. The molecule has 2 saturated heterocycles. The third-order valence-electron chi connectivity index (χ3n) is 6.41. The second-order valence-corrected chi connectivity index (χ2v) is 7.98. The number of hydrogen-bond donors (Lipinski definition) is 0. The molecule has 1 aliphatic carbocycles. The zero-order valence-electron chi connectivity index (χ0n) is 15.9. The Hall–Kier alpha value is -2.21.